The topological polar surface area (TPSA) is 29.1 Å². The van der Waals surface area contributed by atoms with Gasteiger partial charge in [-0.2, -0.15) is 0 Å². The predicted octanol–water partition coefficient (Wildman–Crippen LogP) is 3.08. The van der Waals surface area contributed by atoms with Crippen LogP contribution < -0.4 is 5.32 Å². The number of hydrogen-bond donors (Lipinski definition) is 1. The second kappa shape index (κ2) is 4.27. The van der Waals surface area contributed by atoms with Crippen LogP contribution in [0.1, 0.15) is 31.7 Å². The van der Waals surface area contributed by atoms with Crippen molar-refractivity contribution in [1.82, 2.24) is 0 Å². The molecular weight excluding hydrogens is 284 g/mol. The van der Waals surface area contributed by atoms with Gasteiger partial charge in [-0.05, 0) is 18.1 Å². The summed E-state index contributed by atoms with van der Waals surface area (Å²) in [6, 6.07) is 9.36. The van der Waals surface area contributed by atoms with E-state index in [2.05, 4.69) is 43.6 Å². The molecular formula is C20H25N2O+. The van der Waals surface area contributed by atoms with Crippen LogP contribution in [0.4, 0.5) is 5.69 Å². The summed E-state index contributed by atoms with van der Waals surface area (Å²) in [6.07, 6.45) is 4.71. The van der Waals surface area contributed by atoms with E-state index in [1.807, 2.05) is 0 Å². The number of piperidine rings is 1. The molecule has 0 saturated carbocycles. The summed E-state index contributed by atoms with van der Waals surface area (Å²) < 4.78 is 1.20. The number of quaternary nitrogens is 1. The quantitative estimate of drug-likeness (QED) is 0.672. The Morgan fingerprint density at radius 3 is 3.00 bits per heavy atom. The first-order valence-electron chi connectivity index (χ1n) is 9.04. The summed E-state index contributed by atoms with van der Waals surface area (Å²) in [4.78, 5) is 12.1. The monoisotopic (exact) mass is 309 g/mol. The van der Waals surface area contributed by atoms with Crippen molar-refractivity contribution in [1.29, 1.82) is 0 Å². The zero-order chi connectivity index (χ0) is 15.8. The molecule has 1 N–H and O–H groups in total. The summed E-state index contributed by atoms with van der Waals surface area (Å²) >= 11 is 0. The van der Waals surface area contributed by atoms with Gasteiger partial charge in [0.1, 0.15) is 12.3 Å². The molecule has 0 aromatic heterocycles. The minimum Gasteiger partial charge on any atom is -0.357 e. The number of hydrogen-bond acceptors (Lipinski definition) is 2. The van der Waals surface area contributed by atoms with Gasteiger partial charge in [-0.3, -0.25) is 4.79 Å². The van der Waals surface area contributed by atoms with Gasteiger partial charge in [-0.25, -0.2) is 0 Å². The van der Waals surface area contributed by atoms with Crippen molar-refractivity contribution in [2.45, 2.75) is 37.6 Å². The Morgan fingerprint density at radius 2 is 2.22 bits per heavy atom. The molecule has 0 radical (unpaired) electrons. The van der Waals surface area contributed by atoms with E-state index in [1.165, 1.54) is 60.1 Å². The van der Waals surface area contributed by atoms with E-state index in [1.54, 1.807) is 0 Å². The van der Waals surface area contributed by atoms with Gasteiger partial charge >= 0.3 is 0 Å². The minimum absolute atomic E-state index is 0.0663. The highest BCUT2D eigenvalue weighted by molar-refractivity contribution is 5.83. The lowest BCUT2D eigenvalue weighted by Crippen LogP contribution is -2.63. The Morgan fingerprint density at radius 1 is 1.39 bits per heavy atom. The highest BCUT2D eigenvalue weighted by Gasteiger charge is 2.67. The standard InChI is InChI=1S/C20H24N2O/c1-3-13-11-22(2)9-8-20-16-6-4-5-7-17(16)21-19(20)15(12-23)14(13)10-18(20)22/h4-7,12-14,18H,3,8-11H2,1-2H3/p+1/t13-,14+,18+,20-,22+/m1/s1. The van der Waals surface area contributed by atoms with E-state index in [0.29, 0.717) is 17.9 Å². The Bertz CT molecular complexity index is 739. The van der Waals surface area contributed by atoms with Crippen molar-refractivity contribution in [3.63, 3.8) is 0 Å². The fraction of sp³-hybridized carbons (Fsp3) is 0.550. The highest BCUT2D eigenvalue weighted by atomic mass is 16.1. The maximum Gasteiger partial charge on any atom is 0.148 e. The number of nitrogens with zero attached hydrogens (tertiary/aromatic N) is 1. The number of aldehydes is 1. The number of carbonyl (C=O) groups is 1. The van der Waals surface area contributed by atoms with Crippen molar-refractivity contribution in [3.8, 4) is 0 Å². The third kappa shape index (κ3) is 1.43. The minimum atomic E-state index is 0.0663. The molecule has 1 aromatic carbocycles. The largest absolute Gasteiger partial charge is 0.357 e. The summed E-state index contributed by atoms with van der Waals surface area (Å²) in [5, 5.41) is 3.68. The van der Waals surface area contributed by atoms with Crippen molar-refractivity contribution < 1.29 is 9.28 Å². The van der Waals surface area contributed by atoms with Crippen molar-refractivity contribution >= 4 is 12.0 Å². The molecule has 4 aliphatic rings. The van der Waals surface area contributed by atoms with Crippen LogP contribution in [0, 0.1) is 11.8 Å². The molecule has 5 atom stereocenters. The zero-order valence-electron chi connectivity index (χ0n) is 14.0. The summed E-state index contributed by atoms with van der Waals surface area (Å²) in [7, 11) is 2.46. The van der Waals surface area contributed by atoms with Crippen LogP contribution in [0.3, 0.4) is 0 Å². The third-order valence-corrected chi connectivity index (χ3v) is 7.49. The molecule has 3 nitrogen and oxygen atoms in total. The molecule has 0 amide bonds. The fourth-order valence-electron chi connectivity index (χ4n) is 6.48. The van der Waals surface area contributed by atoms with Gasteiger partial charge in [0.25, 0.3) is 0 Å². The van der Waals surface area contributed by atoms with Crippen molar-refractivity contribution in [2.75, 3.05) is 25.5 Å². The normalized spacial score (nSPS) is 43.0. The molecule has 3 aliphatic heterocycles. The van der Waals surface area contributed by atoms with E-state index >= 15 is 0 Å². The van der Waals surface area contributed by atoms with Crippen LogP contribution in [0.2, 0.25) is 0 Å². The predicted molar refractivity (Wildman–Crippen MR) is 91.0 cm³/mol. The fourth-order valence-corrected chi connectivity index (χ4v) is 6.48. The van der Waals surface area contributed by atoms with Crippen LogP contribution in [0.15, 0.2) is 35.5 Å². The Kier molecular flexibility index (Phi) is 2.56. The Labute approximate surface area is 138 Å². The highest BCUT2D eigenvalue weighted by Crippen LogP contribution is 2.62. The molecule has 1 spiro atoms. The molecule has 1 aliphatic carbocycles. The first-order valence-corrected chi connectivity index (χ1v) is 9.04. The van der Waals surface area contributed by atoms with E-state index in [9.17, 15) is 4.79 Å². The summed E-state index contributed by atoms with van der Waals surface area (Å²) in [6.45, 7) is 4.76. The second-order valence-corrected chi connectivity index (χ2v) is 8.25. The first-order chi connectivity index (χ1) is 11.1. The maximum atomic E-state index is 12.1. The van der Waals surface area contributed by atoms with Crippen molar-refractivity contribution in [3.05, 3.63) is 41.1 Å². The molecule has 2 fully saturated rings. The van der Waals surface area contributed by atoms with Gasteiger partial charge in [0.05, 0.1) is 25.6 Å². The summed E-state index contributed by atoms with van der Waals surface area (Å²) in [5.41, 5.74) is 5.08. The Hall–Kier alpha value is -1.61. The molecule has 1 aromatic rings. The average Bonchev–Trinajstić information content (AvgIpc) is 3.08. The van der Waals surface area contributed by atoms with Gasteiger partial charge < -0.3 is 9.80 Å². The van der Waals surface area contributed by atoms with E-state index in [-0.39, 0.29) is 5.41 Å². The number of carbonyl (C=O) groups excluding carboxylic acids is 1. The lowest BCUT2D eigenvalue weighted by atomic mass is 9.60. The number of benzene rings is 1. The number of likely N-dealkylation sites (N-methyl/N-ethyl adjacent to an activating group) is 1. The van der Waals surface area contributed by atoms with Crippen LogP contribution in [0.25, 0.3) is 0 Å². The third-order valence-electron chi connectivity index (χ3n) is 7.49. The smallest absolute Gasteiger partial charge is 0.148 e. The molecule has 2 saturated heterocycles. The molecule has 3 heteroatoms. The SMILES string of the molecule is CC[C@@H]1C[N@+]2(C)CC[C@]34C(=C(C=O)[C@H]1C[C@@H]32)Nc1ccccc14. The van der Waals surface area contributed by atoms with Crippen molar-refractivity contribution in [2.24, 2.45) is 11.8 Å². The number of fused-ring (bicyclic) bond motifs is 2. The molecule has 0 unspecified atom stereocenters. The van der Waals surface area contributed by atoms with Gasteiger partial charge in [-0.15, -0.1) is 0 Å². The maximum absolute atomic E-state index is 12.1. The zero-order valence-corrected chi connectivity index (χ0v) is 14.0. The van der Waals surface area contributed by atoms with Crippen LogP contribution in [-0.2, 0) is 10.2 Å². The van der Waals surface area contributed by atoms with Crippen LogP contribution >= 0.6 is 0 Å². The number of anilines is 1. The lowest BCUT2D eigenvalue weighted by Gasteiger charge is -2.53. The Balaban J connectivity index is 1.81. The average molecular weight is 309 g/mol. The van der Waals surface area contributed by atoms with Gasteiger partial charge in [0, 0.05) is 41.6 Å². The van der Waals surface area contributed by atoms with Gasteiger partial charge in [0.2, 0.25) is 0 Å². The van der Waals surface area contributed by atoms with E-state index < -0.39 is 0 Å². The molecule has 2 bridgehead atoms. The molecule has 3 heterocycles. The van der Waals surface area contributed by atoms with Crippen LogP contribution in [-0.4, -0.2) is 36.9 Å². The number of allylic oxidation sites excluding steroid dienone is 1. The molecule has 23 heavy (non-hydrogen) atoms. The first kappa shape index (κ1) is 13.8. The van der Waals surface area contributed by atoms with E-state index in [4.69, 9.17) is 0 Å². The molecule has 120 valence electrons. The number of nitrogens with one attached hydrogen (secondary N) is 1. The van der Waals surface area contributed by atoms with Gasteiger partial charge in [0.15, 0.2) is 0 Å². The summed E-state index contributed by atoms with van der Waals surface area (Å²) in [5.74, 6) is 1.10. The van der Waals surface area contributed by atoms with E-state index in [0.717, 1.165) is 5.57 Å². The lowest BCUT2D eigenvalue weighted by molar-refractivity contribution is -0.933. The molecule has 5 rings (SSSR count). The van der Waals surface area contributed by atoms with Gasteiger partial charge in [-0.1, -0.05) is 25.1 Å². The number of para-hydroxylation sites is 1. The van der Waals surface area contributed by atoms with Crippen LogP contribution in [0.5, 0.6) is 0 Å². The second-order valence-electron chi connectivity index (χ2n) is 8.25. The number of rotatable bonds is 2.